The van der Waals surface area contributed by atoms with Crippen molar-refractivity contribution in [2.45, 2.75) is 19.9 Å². The highest BCUT2D eigenvalue weighted by atomic mass is 16.5. The van der Waals surface area contributed by atoms with Gasteiger partial charge in [0.25, 0.3) is 0 Å². The van der Waals surface area contributed by atoms with E-state index in [0.717, 1.165) is 36.6 Å². The molecular formula is C16H27NO4. The Balaban J connectivity index is 2.55. The molecule has 0 heterocycles. The van der Waals surface area contributed by atoms with E-state index < -0.39 is 0 Å². The van der Waals surface area contributed by atoms with Crippen LogP contribution in [0.25, 0.3) is 0 Å². The van der Waals surface area contributed by atoms with E-state index in [1.807, 2.05) is 18.2 Å². The molecular weight excluding hydrogens is 270 g/mol. The van der Waals surface area contributed by atoms with Gasteiger partial charge in [0.1, 0.15) is 6.61 Å². The fourth-order valence-corrected chi connectivity index (χ4v) is 1.87. The van der Waals surface area contributed by atoms with Crippen LogP contribution in [0, 0.1) is 0 Å². The molecule has 0 atom stereocenters. The first-order chi connectivity index (χ1) is 10.3. The molecule has 5 nitrogen and oxygen atoms in total. The molecule has 1 rings (SSSR count). The molecule has 0 radical (unpaired) electrons. The van der Waals surface area contributed by atoms with Gasteiger partial charge in [0.15, 0.2) is 11.5 Å². The van der Waals surface area contributed by atoms with Crippen LogP contribution in [0.1, 0.15) is 18.9 Å². The van der Waals surface area contributed by atoms with E-state index in [0.29, 0.717) is 26.4 Å². The van der Waals surface area contributed by atoms with Gasteiger partial charge >= 0.3 is 0 Å². The Bertz CT molecular complexity index is 385. The molecule has 0 unspecified atom stereocenters. The average Bonchev–Trinajstić information content (AvgIpc) is 2.52. The lowest BCUT2D eigenvalue weighted by molar-refractivity contribution is 0.0991. The van der Waals surface area contributed by atoms with E-state index in [-0.39, 0.29) is 0 Å². The fraction of sp³-hybridized carbons (Fsp3) is 0.625. The third-order valence-corrected chi connectivity index (χ3v) is 2.90. The van der Waals surface area contributed by atoms with Crippen LogP contribution in [0.3, 0.4) is 0 Å². The Morgan fingerprint density at radius 3 is 2.62 bits per heavy atom. The van der Waals surface area contributed by atoms with Gasteiger partial charge < -0.3 is 24.3 Å². The Morgan fingerprint density at radius 1 is 1.05 bits per heavy atom. The Morgan fingerprint density at radius 2 is 1.90 bits per heavy atom. The summed E-state index contributed by atoms with van der Waals surface area (Å²) in [6.07, 6.45) is 1.02. The van der Waals surface area contributed by atoms with Crippen molar-refractivity contribution in [1.29, 1.82) is 0 Å². The highest BCUT2D eigenvalue weighted by Crippen LogP contribution is 2.30. The molecule has 5 heteroatoms. The predicted molar refractivity (Wildman–Crippen MR) is 83.2 cm³/mol. The van der Waals surface area contributed by atoms with E-state index in [1.165, 1.54) is 0 Å². The number of para-hydroxylation sites is 1. The zero-order chi connectivity index (χ0) is 15.3. The third-order valence-electron chi connectivity index (χ3n) is 2.90. The summed E-state index contributed by atoms with van der Waals surface area (Å²) in [7, 11) is 3.34. The molecule has 1 aromatic rings. The largest absolute Gasteiger partial charge is 0.493 e. The summed E-state index contributed by atoms with van der Waals surface area (Å²) >= 11 is 0. The van der Waals surface area contributed by atoms with Crippen molar-refractivity contribution in [2.24, 2.45) is 0 Å². The standard InChI is InChI=1S/C16H27NO4/c1-4-9-20-11-12-21-16-14(13-17-8-10-18-2)6-5-7-15(16)19-3/h5-7,17H,4,8-13H2,1-3H3. The predicted octanol–water partition coefficient (Wildman–Crippen LogP) is 2.24. The highest BCUT2D eigenvalue weighted by Gasteiger charge is 2.10. The maximum absolute atomic E-state index is 5.84. The molecule has 0 aromatic heterocycles. The van der Waals surface area contributed by atoms with Crippen molar-refractivity contribution in [3.63, 3.8) is 0 Å². The molecule has 21 heavy (non-hydrogen) atoms. The van der Waals surface area contributed by atoms with Crippen LogP contribution < -0.4 is 14.8 Å². The van der Waals surface area contributed by atoms with Crippen molar-refractivity contribution >= 4 is 0 Å². The molecule has 0 amide bonds. The maximum atomic E-state index is 5.84. The molecule has 0 saturated heterocycles. The number of hydrogen-bond acceptors (Lipinski definition) is 5. The zero-order valence-electron chi connectivity index (χ0n) is 13.3. The van der Waals surface area contributed by atoms with Crippen LogP contribution in [0.15, 0.2) is 18.2 Å². The molecule has 0 spiro atoms. The molecule has 1 aromatic carbocycles. The number of nitrogens with one attached hydrogen (secondary N) is 1. The van der Waals surface area contributed by atoms with Crippen molar-refractivity contribution in [3.8, 4) is 11.5 Å². The van der Waals surface area contributed by atoms with Crippen LogP contribution in [0.2, 0.25) is 0 Å². The molecule has 0 fully saturated rings. The summed E-state index contributed by atoms with van der Waals surface area (Å²) in [5, 5.41) is 3.31. The average molecular weight is 297 g/mol. The Labute approximate surface area is 127 Å². The van der Waals surface area contributed by atoms with Crippen LogP contribution in [0.4, 0.5) is 0 Å². The Kier molecular flexibility index (Phi) is 9.61. The SMILES string of the molecule is CCCOCCOc1c(CNCCOC)cccc1OC. The number of ether oxygens (including phenoxy) is 4. The van der Waals surface area contributed by atoms with Gasteiger partial charge in [-0.3, -0.25) is 0 Å². The third kappa shape index (κ3) is 6.80. The second-order valence-corrected chi connectivity index (χ2v) is 4.58. The minimum absolute atomic E-state index is 0.519. The lowest BCUT2D eigenvalue weighted by atomic mass is 10.2. The first-order valence-corrected chi connectivity index (χ1v) is 7.39. The fourth-order valence-electron chi connectivity index (χ4n) is 1.87. The summed E-state index contributed by atoms with van der Waals surface area (Å²) in [6.45, 7) is 6.16. The van der Waals surface area contributed by atoms with Gasteiger partial charge in [-0.15, -0.1) is 0 Å². The number of methoxy groups -OCH3 is 2. The van der Waals surface area contributed by atoms with Gasteiger partial charge in [-0.2, -0.15) is 0 Å². The molecule has 1 N–H and O–H groups in total. The normalized spacial score (nSPS) is 10.6. The first kappa shape index (κ1) is 17.8. The second kappa shape index (κ2) is 11.4. The smallest absolute Gasteiger partial charge is 0.165 e. The molecule has 0 saturated carbocycles. The van der Waals surface area contributed by atoms with E-state index >= 15 is 0 Å². The van der Waals surface area contributed by atoms with E-state index in [4.69, 9.17) is 18.9 Å². The van der Waals surface area contributed by atoms with Crippen LogP contribution in [-0.4, -0.2) is 47.2 Å². The quantitative estimate of drug-likeness (QED) is 0.600. The summed E-state index contributed by atoms with van der Waals surface area (Å²) in [5.74, 6) is 1.53. The van der Waals surface area contributed by atoms with E-state index in [1.54, 1.807) is 14.2 Å². The van der Waals surface area contributed by atoms with Gasteiger partial charge in [-0.05, 0) is 12.5 Å². The van der Waals surface area contributed by atoms with Gasteiger partial charge in [0.2, 0.25) is 0 Å². The summed E-state index contributed by atoms with van der Waals surface area (Å²) in [6, 6.07) is 5.90. The van der Waals surface area contributed by atoms with Gasteiger partial charge in [-0.1, -0.05) is 19.1 Å². The van der Waals surface area contributed by atoms with Crippen molar-refractivity contribution in [3.05, 3.63) is 23.8 Å². The maximum Gasteiger partial charge on any atom is 0.165 e. The monoisotopic (exact) mass is 297 g/mol. The zero-order valence-corrected chi connectivity index (χ0v) is 13.3. The summed E-state index contributed by atoms with van der Waals surface area (Å²) in [5.41, 5.74) is 1.07. The lowest BCUT2D eigenvalue weighted by Gasteiger charge is -2.15. The van der Waals surface area contributed by atoms with Gasteiger partial charge in [0, 0.05) is 32.4 Å². The van der Waals surface area contributed by atoms with Crippen molar-refractivity contribution in [2.75, 3.05) is 47.2 Å². The lowest BCUT2D eigenvalue weighted by Crippen LogP contribution is -2.19. The Hall–Kier alpha value is -1.30. The van der Waals surface area contributed by atoms with E-state index in [9.17, 15) is 0 Å². The van der Waals surface area contributed by atoms with Crippen molar-refractivity contribution in [1.82, 2.24) is 5.32 Å². The van der Waals surface area contributed by atoms with Crippen LogP contribution >= 0.6 is 0 Å². The number of hydrogen-bond donors (Lipinski definition) is 1. The van der Waals surface area contributed by atoms with Crippen LogP contribution in [-0.2, 0) is 16.0 Å². The summed E-state index contributed by atoms with van der Waals surface area (Å²) < 4.78 is 21.7. The van der Waals surface area contributed by atoms with Gasteiger partial charge in [0.05, 0.1) is 20.3 Å². The number of benzene rings is 1. The minimum Gasteiger partial charge on any atom is -0.493 e. The minimum atomic E-state index is 0.519. The molecule has 0 bridgehead atoms. The second-order valence-electron chi connectivity index (χ2n) is 4.58. The summed E-state index contributed by atoms with van der Waals surface area (Å²) in [4.78, 5) is 0. The van der Waals surface area contributed by atoms with Gasteiger partial charge in [-0.25, -0.2) is 0 Å². The molecule has 0 aliphatic heterocycles. The topological polar surface area (TPSA) is 49.0 Å². The van der Waals surface area contributed by atoms with E-state index in [2.05, 4.69) is 12.2 Å². The molecule has 0 aliphatic rings. The van der Waals surface area contributed by atoms with Crippen LogP contribution in [0.5, 0.6) is 11.5 Å². The molecule has 120 valence electrons. The van der Waals surface area contributed by atoms with Crippen molar-refractivity contribution < 1.29 is 18.9 Å². The molecule has 0 aliphatic carbocycles. The first-order valence-electron chi connectivity index (χ1n) is 7.39. The number of rotatable bonds is 12. The highest BCUT2D eigenvalue weighted by molar-refractivity contribution is 5.46.